The van der Waals surface area contributed by atoms with Crippen molar-refractivity contribution in [2.45, 2.75) is 43.9 Å². The van der Waals surface area contributed by atoms with Gasteiger partial charge in [-0.05, 0) is 36.5 Å². The van der Waals surface area contributed by atoms with E-state index in [0.29, 0.717) is 33.6 Å². The molecule has 1 atom stereocenters. The van der Waals surface area contributed by atoms with Crippen molar-refractivity contribution in [1.82, 2.24) is 10.2 Å². The number of nitrogens with zero attached hydrogens (tertiary/aromatic N) is 4. The van der Waals surface area contributed by atoms with Gasteiger partial charge in [0.1, 0.15) is 11.6 Å². The Labute approximate surface area is 239 Å². The molecule has 0 saturated carbocycles. The van der Waals surface area contributed by atoms with Gasteiger partial charge in [-0.2, -0.15) is 5.26 Å². The molecule has 0 fully saturated rings. The van der Waals surface area contributed by atoms with E-state index in [0.717, 1.165) is 22.9 Å². The minimum atomic E-state index is -0.565. The number of benzene rings is 2. The molecule has 0 radical (unpaired) electrons. The van der Waals surface area contributed by atoms with Gasteiger partial charge in [0.25, 0.3) is 0 Å². The van der Waals surface area contributed by atoms with Gasteiger partial charge in [-0.25, -0.2) is 4.39 Å². The zero-order chi connectivity index (χ0) is 28.6. The minimum Gasteiger partial charge on any atom is -0.384 e. The van der Waals surface area contributed by atoms with Crippen LogP contribution < -0.4 is 16.0 Å². The Morgan fingerprint density at radius 1 is 1.23 bits per heavy atom. The molecule has 2 aromatic carbocycles. The van der Waals surface area contributed by atoms with Crippen LogP contribution in [0.4, 0.5) is 15.2 Å². The zero-order valence-electron chi connectivity index (χ0n) is 22.2. The highest BCUT2D eigenvalue weighted by atomic mass is 32.2. The largest absolute Gasteiger partial charge is 0.384 e. The fourth-order valence-electron chi connectivity index (χ4n) is 5.05. The van der Waals surface area contributed by atoms with Crippen molar-refractivity contribution in [3.8, 4) is 6.07 Å². The number of para-hydroxylation sites is 1. The van der Waals surface area contributed by atoms with Crippen molar-refractivity contribution in [2.75, 3.05) is 16.0 Å². The Morgan fingerprint density at radius 2 is 1.95 bits per heavy atom. The van der Waals surface area contributed by atoms with Gasteiger partial charge in [-0.15, -0.1) is 10.2 Å². The van der Waals surface area contributed by atoms with Crippen LogP contribution in [0.1, 0.15) is 43.7 Å². The van der Waals surface area contributed by atoms with Crippen LogP contribution in [0, 0.1) is 29.5 Å². The third-order valence-electron chi connectivity index (χ3n) is 6.85. The van der Waals surface area contributed by atoms with Gasteiger partial charge >= 0.3 is 0 Å². The molecule has 0 saturated heterocycles. The van der Waals surface area contributed by atoms with Crippen LogP contribution >= 0.6 is 23.1 Å². The van der Waals surface area contributed by atoms with E-state index in [4.69, 9.17) is 5.73 Å². The fourth-order valence-corrected chi connectivity index (χ4v) is 6.73. The molecule has 1 unspecified atom stereocenters. The number of nitrogens with one attached hydrogen (secondary N) is 1. The summed E-state index contributed by atoms with van der Waals surface area (Å²) in [7, 11) is 0. The van der Waals surface area contributed by atoms with Gasteiger partial charge in [0.05, 0.1) is 29.0 Å². The van der Waals surface area contributed by atoms with Gasteiger partial charge in [-0.3, -0.25) is 14.5 Å². The monoisotopic (exact) mass is 574 g/mol. The second-order valence-electron chi connectivity index (χ2n) is 10.6. The highest BCUT2D eigenvalue weighted by Gasteiger charge is 2.45. The van der Waals surface area contributed by atoms with Gasteiger partial charge in [0.2, 0.25) is 11.0 Å². The third kappa shape index (κ3) is 5.37. The number of nitrogens with two attached hydrogens (primary N) is 1. The van der Waals surface area contributed by atoms with Gasteiger partial charge < -0.3 is 11.1 Å². The minimum absolute atomic E-state index is 0.00725. The number of aryl methyl sites for hydroxylation is 1. The number of allylic oxidation sites excluding steroid dienone is 3. The van der Waals surface area contributed by atoms with E-state index in [1.54, 1.807) is 17.0 Å². The molecule has 2 heterocycles. The Morgan fingerprint density at radius 3 is 2.65 bits per heavy atom. The smallest absolute Gasteiger partial charge is 0.234 e. The Bertz CT molecular complexity index is 1600. The number of Topliss-reactive ketones (excluding diaryl/α,β-unsaturated/α-hetero) is 1. The summed E-state index contributed by atoms with van der Waals surface area (Å²) in [5.74, 6) is -1.29. The molecule has 1 aliphatic carbocycles. The molecule has 0 spiro atoms. The summed E-state index contributed by atoms with van der Waals surface area (Å²) in [6, 6.07) is 16.0. The van der Waals surface area contributed by atoms with Crippen molar-refractivity contribution < 1.29 is 14.0 Å². The van der Waals surface area contributed by atoms with Gasteiger partial charge in [0.15, 0.2) is 10.1 Å². The van der Waals surface area contributed by atoms with Gasteiger partial charge in [-0.1, -0.05) is 78.9 Å². The lowest BCUT2D eigenvalue weighted by atomic mass is 9.68. The highest BCUT2D eigenvalue weighted by molar-refractivity contribution is 8.01. The predicted molar refractivity (Wildman–Crippen MR) is 154 cm³/mol. The molecule has 1 amide bonds. The predicted octanol–water partition coefficient (Wildman–Crippen LogP) is 5.66. The summed E-state index contributed by atoms with van der Waals surface area (Å²) in [4.78, 5) is 27.7. The number of carbonyl (C=O) groups excluding carboxylic acids is 2. The number of rotatable bonds is 6. The number of thioether (sulfide) groups is 1. The van der Waals surface area contributed by atoms with E-state index in [2.05, 4.69) is 21.6 Å². The van der Waals surface area contributed by atoms with Crippen molar-refractivity contribution in [1.29, 1.82) is 5.26 Å². The van der Waals surface area contributed by atoms with Crippen LogP contribution in [0.5, 0.6) is 0 Å². The lowest BCUT2D eigenvalue weighted by Gasteiger charge is -2.42. The number of ketones is 1. The normalized spacial score (nSPS) is 18.4. The maximum absolute atomic E-state index is 13.9. The SMILES string of the molecule is Cc1ccc(C2C(C#N)=C(N)N(c3nnc(SCC(=O)Nc4ccccc4F)s3)C3=C2C(=O)CC(C)(C)C3)cc1. The molecule has 5 rings (SSSR count). The van der Waals surface area contributed by atoms with E-state index in [1.165, 1.54) is 23.5 Å². The summed E-state index contributed by atoms with van der Waals surface area (Å²) in [6.07, 6.45) is 0.915. The first-order valence-electron chi connectivity index (χ1n) is 12.6. The maximum Gasteiger partial charge on any atom is 0.234 e. The average Bonchev–Trinajstić information content (AvgIpc) is 3.36. The highest BCUT2D eigenvalue weighted by Crippen LogP contribution is 2.50. The second-order valence-corrected chi connectivity index (χ2v) is 12.7. The molecule has 8 nitrogen and oxygen atoms in total. The van der Waals surface area contributed by atoms with E-state index < -0.39 is 11.7 Å². The molecule has 1 aliphatic heterocycles. The molecular formula is C29H27FN6O2S2. The van der Waals surface area contributed by atoms with Crippen LogP contribution in [0.15, 0.2) is 75.5 Å². The van der Waals surface area contributed by atoms with Crippen LogP contribution in [0.25, 0.3) is 0 Å². The van der Waals surface area contributed by atoms with E-state index in [-0.39, 0.29) is 39.9 Å². The van der Waals surface area contributed by atoms with Crippen LogP contribution in [-0.2, 0) is 9.59 Å². The molecule has 40 heavy (non-hydrogen) atoms. The molecule has 204 valence electrons. The first kappa shape index (κ1) is 27.6. The number of hydrogen-bond acceptors (Lipinski definition) is 9. The topological polar surface area (TPSA) is 125 Å². The number of anilines is 2. The zero-order valence-corrected chi connectivity index (χ0v) is 23.8. The molecule has 2 aliphatic rings. The standard InChI is InChI=1S/C29H27FN6O2S2/c1-16-8-10-17(11-9-16)24-18(14-31)26(32)36(21-12-29(2,3)13-22(37)25(21)24)27-34-35-28(40-27)39-15-23(38)33-20-7-5-4-6-19(20)30/h4-11,24H,12-13,15,32H2,1-3H3,(H,33,38). The number of nitriles is 1. The third-order valence-corrected chi connectivity index (χ3v) is 8.90. The molecule has 0 bridgehead atoms. The molecule has 11 heteroatoms. The molecular weight excluding hydrogens is 547 g/mol. The first-order valence-corrected chi connectivity index (χ1v) is 14.4. The number of amides is 1. The lowest BCUT2D eigenvalue weighted by molar-refractivity contribution is -0.118. The Kier molecular flexibility index (Phi) is 7.49. The summed E-state index contributed by atoms with van der Waals surface area (Å²) >= 11 is 2.36. The van der Waals surface area contributed by atoms with E-state index in [1.807, 2.05) is 45.0 Å². The molecule has 3 aromatic rings. The number of carbonyl (C=O) groups is 2. The Balaban J connectivity index is 1.47. The van der Waals surface area contributed by atoms with Gasteiger partial charge in [0, 0.05) is 17.7 Å². The first-order chi connectivity index (χ1) is 19.1. The van der Waals surface area contributed by atoms with E-state index in [9.17, 15) is 19.2 Å². The Hall–Kier alpha value is -4.01. The number of aromatic nitrogens is 2. The number of halogens is 1. The van der Waals surface area contributed by atoms with Crippen molar-refractivity contribution in [3.05, 3.63) is 88.1 Å². The van der Waals surface area contributed by atoms with Crippen LogP contribution in [0.2, 0.25) is 0 Å². The average molecular weight is 575 g/mol. The van der Waals surface area contributed by atoms with E-state index >= 15 is 0 Å². The summed E-state index contributed by atoms with van der Waals surface area (Å²) < 4.78 is 14.4. The van der Waals surface area contributed by atoms with Crippen molar-refractivity contribution >= 4 is 45.6 Å². The second kappa shape index (κ2) is 10.9. The molecule has 3 N–H and O–H groups in total. The lowest BCUT2D eigenvalue weighted by Crippen LogP contribution is -2.42. The van der Waals surface area contributed by atoms with Crippen LogP contribution in [0.3, 0.4) is 0 Å². The quantitative estimate of drug-likeness (QED) is 0.362. The summed E-state index contributed by atoms with van der Waals surface area (Å²) in [6.45, 7) is 6.04. The van der Waals surface area contributed by atoms with Crippen LogP contribution in [-0.4, -0.2) is 27.6 Å². The number of hydrogen-bond donors (Lipinski definition) is 2. The maximum atomic E-state index is 13.9. The van der Waals surface area contributed by atoms with Crippen molar-refractivity contribution in [2.24, 2.45) is 11.1 Å². The summed E-state index contributed by atoms with van der Waals surface area (Å²) in [5, 5.41) is 21.7. The summed E-state index contributed by atoms with van der Waals surface area (Å²) in [5.41, 5.74) is 9.92. The molecule has 1 aromatic heterocycles. The fraction of sp³-hybridized carbons (Fsp3) is 0.276. The van der Waals surface area contributed by atoms with Crippen molar-refractivity contribution in [3.63, 3.8) is 0 Å².